The molecule has 4 heteroatoms. The number of nitrogens with two attached hydrogens (primary N) is 1. The summed E-state index contributed by atoms with van der Waals surface area (Å²) in [5, 5.41) is -0.702. The summed E-state index contributed by atoms with van der Waals surface area (Å²) in [7, 11) is -3.47. The molecule has 0 aliphatic rings. The van der Waals surface area contributed by atoms with Crippen molar-refractivity contribution >= 4 is 9.84 Å². The molecule has 20 heavy (non-hydrogen) atoms. The topological polar surface area (TPSA) is 60.2 Å². The Labute approximate surface area is 120 Å². The third-order valence-electron chi connectivity index (χ3n) is 3.47. The fourth-order valence-electron chi connectivity index (χ4n) is 2.26. The van der Waals surface area contributed by atoms with Crippen LogP contribution >= 0.6 is 0 Å². The Balaban J connectivity index is 2.51. The van der Waals surface area contributed by atoms with Gasteiger partial charge in [-0.1, -0.05) is 42.0 Å². The number of benzene rings is 2. The second kappa shape index (κ2) is 5.77. The van der Waals surface area contributed by atoms with Gasteiger partial charge in [0.2, 0.25) is 0 Å². The van der Waals surface area contributed by atoms with Crippen LogP contribution in [-0.2, 0) is 9.84 Å². The Morgan fingerprint density at radius 1 is 1.00 bits per heavy atom. The first kappa shape index (κ1) is 14.8. The van der Waals surface area contributed by atoms with Crippen molar-refractivity contribution in [3.63, 3.8) is 0 Å². The molecular weight excluding hydrogens is 270 g/mol. The first-order valence-corrected chi connectivity index (χ1v) is 8.07. The zero-order valence-electron chi connectivity index (χ0n) is 11.7. The average Bonchev–Trinajstić information content (AvgIpc) is 2.42. The van der Waals surface area contributed by atoms with Gasteiger partial charge in [-0.25, -0.2) is 8.42 Å². The highest BCUT2D eigenvalue weighted by atomic mass is 32.2. The predicted molar refractivity (Wildman–Crippen MR) is 81.3 cm³/mol. The zero-order valence-corrected chi connectivity index (χ0v) is 12.5. The van der Waals surface area contributed by atoms with Gasteiger partial charge in [-0.15, -0.1) is 0 Å². The molecule has 0 saturated heterocycles. The van der Waals surface area contributed by atoms with Crippen LogP contribution in [0.15, 0.2) is 53.4 Å². The molecule has 2 N–H and O–H groups in total. The number of hydrogen-bond acceptors (Lipinski definition) is 3. The Hall–Kier alpha value is -1.65. The van der Waals surface area contributed by atoms with Gasteiger partial charge in [-0.3, -0.25) is 0 Å². The van der Waals surface area contributed by atoms with Gasteiger partial charge in [0.1, 0.15) is 5.25 Å². The summed E-state index contributed by atoms with van der Waals surface area (Å²) >= 11 is 0. The van der Waals surface area contributed by atoms with E-state index in [1.54, 1.807) is 24.3 Å². The molecule has 0 aliphatic carbocycles. The summed E-state index contributed by atoms with van der Waals surface area (Å²) in [5.41, 5.74) is 8.50. The van der Waals surface area contributed by atoms with Crippen molar-refractivity contribution < 1.29 is 8.42 Å². The summed E-state index contributed by atoms with van der Waals surface area (Å²) in [4.78, 5) is 0.321. The molecule has 0 amide bonds. The van der Waals surface area contributed by atoms with Crippen LogP contribution in [-0.4, -0.2) is 15.0 Å². The third kappa shape index (κ3) is 2.76. The molecule has 3 nitrogen and oxygen atoms in total. The first-order valence-electron chi connectivity index (χ1n) is 6.53. The summed E-state index contributed by atoms with van der Waals surface area (Å²) in [5.74, 6) is 0. The highest BCUT2D eigenvalue weighted by Gasteiger charge is 2.28. The maximum absolute atomic E-state index is 12.7. The van der Waals surface area contributed by atoms with Crippen molar-refractivity contribution in [2.45, 2.75) is 24.0 Å². The van der Waals surface area contributed by atoms with Gasteiger partial charge in [-0.05, 0) is 37.1 Å². The van der Waals surface area contributed by atoms with E-state index >= 15 is 0 Å². The van der Waals surface area contributed by atoms with Gasteiger partial charge >= 0.3 is 0 Å². The second-order valence-electron chi connectivity index (χ2n) is 4.94. The maximum Gasteiger partial charge on any atom is 0.186 e. The Morgan fingerprint density at radius 2 is 1.60 bits per heavy atom. The van der Waals surface area contributed by atoms with Gasteiger partial charge < -0.3 is 5.73 Å². The van der Waals surface area contributed by atoms with E-state index in [-0.39, 0.29) is 6.54 Å². The first-order chi connectivity index (χ1) is 9.46. The van der Waals surface area contributed by atoms with Crippen LogP contribution in [0, 0.1) is 13.8 Å². The van der Waals surface area contributed by atoms with E-state index < -0.39 is 15.1 Å². The van der Waals surface area contributed by atoms with Crippen LogP contribution in [0.4, 0.5) is 0 Å². The highest BCUT2D eigenvalue weighted by molar-refractivity contribution is 7.91. The molecule has 0 radical (unpaired) electrons. The monoisotopic (exact) mass is 289 g/mol. The van der Waals surface area contributed by atoms with Gasteiger partial charge in [-0.2, -0.15) is 0 Å². The summed E-state index contributed by atoms with van der Waals surface area (Å²) < 4.78 is 25.5. The molecule has 0 aliphatic heterocycles. The van der Waals surface area contributed by atoms with Gasteiger partial charge in [0, 0.05) is 6.54 Å². The third-order valence-corrected chi connectivity index (χ3v) is 5.60. The molecular formula is C16H19NO2S. The standard InChI is InChI=1S/C16H19NO2S/c1-12-7-9-14(10-8-12)20(18,19)16(11-17)15-6-4-3-5-13(15)2/h3-10,16H,11,17H2,1-2H3. The second-order valence-corrected chi connectivity index (χ2v) is 7.07. The zero-order chi connectivity index (χ0) is 14.8. The van der Waals surface area contributed by atoms with E-state index in [4.69, 9.17) is 5.73 Å². The molecule has 2 aromatic rings. The van der Waals surface area contributed by atoms with Crippen LogP contribution < -0.4 is 5.73 Å². The number of aryl methyl sites for hydroxylation is 2. The van der Waals surface area contributed by atoms with Gasteiger partial charge in [0.05, 0.1) is 4.90 Å². The van der Waals surface area contributed by atoms with E-state index in [1.165, 1.54) is 0 Å². The van der Waals surface area contributed by atoms with Crippen molar-refractivity contribution in [2.24, 2.45) is 5.73 Å². The van der Waals surface area contributed by atoms with Crippen molar-refractivity contribution in [3.05, 3.63) is 65.2 Å². The number of rotatable bonds is 4. The number of sulfone groups is 1. The minimum Gasteiger partial charge on any atom is -0.329 e. The Morgan fingerprint density at radius 3 is 2.15 bits per heavy atom. The number of hydrogen-bond donors (Lipinski definition) is 1. The lowest BCUT2D eigenvalue weighted by Gasteiger charge is -2.18. The lowest BCUT2D eigenvalue weighted by Crippen LogP contribution is -2.23. The van der Waals surface area contributed by atoms with E-state index in [2.05, 4.69) is 0 Å². The lowest BCUT2D eigenvalue weighted by atomic mass is 10.1. The lowest BCUT2D eigenvalue weighted by molar-refractivity contribution is 0.582. The molecule has 106 valence electrons. The van der Waals surface area contributed by atoms with Crippen LogP contribution in [0.3, 0.4) is 0 Å². The van der Waals surface area contributed by atoms with Crippen molar-refractivity contribution in [2.75, 3.05) is 6.54 Å². The van der Waals surface area contributed by atoms with Crippen molar-refractivity contribution in [1.82, 2.24) is 0 Å². The van der Waals surface area contributed by atoms with Crippen molar-refractivity contribution in [3.8, 4) is 0 Å². The molecule has 2 aromatic carbocycles. The Bertz CT molecular complexity index is 691. The van der Waals surface area contributed by atoms with E-state index in [0.717, 1.165) is 16.7 Å². The molecule has 0 heterocycles. The highest BCUT2D eigenvalue weighted by Crippen LogP contribution is 2.30. The largest absolute Gasteiger partial charge is 0.329 e. The van der Waals surface area contributed by atoms with Crippen LogP contribution in [0.1, 0.15) is 21.9 Å². The maximum atomic E-state index is 12.7. The quantitative estimate of drug-likeness (QED) is 0.941. The van der Waals surface area contributed by atoms with E-state index in [0.29, 0.717) is 4.90 Å². The van der Waals surface area contributed by atoms with Crippen molar-refractivity contribution in [1.29, 1.82) is 0 Å². The van der Waals surface area contributed by atoms with Gasteiger partial charge in [0.15, 0.2) is 9.84 Å². The van der Waals surface area contributed by atoms with Crippen LogP contribution in [0.5, 0.6) is 0 Å². The Kier molecular flexibility index (Phi) is 4.26. The molecule has 0 saturated carbocycles. The van der Waals surface area contributed by atoms with Crippen LogP contribution in [0.25, 0.3) is 0 Å². The predicted octanol–water partition coefficient (Wildman–Crippen LogP) is 2.78. The SMILES string of the molecule is Cc1ccc(S(=O)(=O)C(CN)c2ccccc2C)cc1. The molecule has 0 bridgehead atoms. The molecule has 0 fully saturated rings. The summed E-state index contributed by atoms with van der Waals surface area (Å²) in [6, 6.07) is 14.4. The smallest absolute Gasteiger partial charge is 0.186 e. The molecule has 0 spiro atoms. The normalized spacial score (nSPS) is 13.2. The van der Waals surface area contributed by atoms with E-state index in [9.17, 15) is 8.42 Å². The summed E-state index contributed by atoms with van der Waals surface area (Å²) in [6.45, 7) is 3.90. The average molecular weight is 289 g/mol. The minimum atomic E-state index is -3.47. The van der Waals surface area contributed by atoms with Crippen LogP contribution in [0.2, 0.25) is 0 Å². The van der Waals surface area contributed by atoms with E-state index in [1.807, 2.05) is 38.1 Å². The molecule has 1 atom stereocenters. The summed E-state index contributed by atoms with van der Waals surface area (Å²) in [6.07, 6.45) is 0. The fraction of sp³-hybridized carbons (Fsp3) is 0.250. The molecule has 0 aromatic heterocycles. The molecule has 1 unspecified atom stereocenters. The minimum absolute atomic E-state index is 0.0705. The fourth-order valence-corrected chi connectivity index (χ4v) is 3.96. The van der Waals surface area contributed by atoms with Gasteiger partial charge in [0.25, 0.3) is 0 Å². The molecule has 2 rings (SSSR count).